The summed E-state index contributed by atoms with van der Waals surface area (Å²) in [6.07, 6.45) is 1.81. The van der Waals surface area contributed by atoms with E-state index in [4.69, 9.17) is 9.47 Å². The predicted molar refractivity (Wildman–Crippen MR) is 79.4 cm³/mol. The number of methoxy groups -OCH3 is 2. The Labute approximate surface area is 119 Å². The van der Waals surface area contributed by atoms with Crippen molar-refractivity contribution < 1.29 is 9.47 Å². The highest BCUT2D eigenvalue weighted by Crippen LogP contribution is 2.32. The van der Waals surface area contributed by atoms with E-state index in [9.17, 15) is 0 Å². The van der Waals surface area contributed by atoms with Crippen molar-refractivity contribution in [1.82, 2.24) is 10.3 Å². The average Bonchev–Trinajstić information content (AvgIpc) is 2.49. The quantitative estimate of drug-likeness (QED) is 0.909. The number of pyridine rings is 1. The first-order valence-corrected chi connectivity index (χ1v) is 6.52. The van der Waals surface area contributed by atoms with Crippen LogP contribution in [0, 0.1) is 6.92 Å². The van der Waals surface area contributed by atoms with Crippen LogP contribution in [0.3, 0.4) is 0 Å². The summed E-state index contributed by atoms with van der Waals surface area (Å²) in [4.78, 5) is 4.49. The van der Waals surface area contributed by atoms with Gasteiger partial charge in [0.05, 0.1) is 26.0 Å². The predicted octanol–water partition coefficient (Wildman–Crippen LogP) is 2.72. The van der Waals surface area contributed by atoms with Crippen LogP contribution in [0.5, 0.6) is 11.5 Å². The normalized spacial score (nSPS) is 12.0. The molecule has 2 rings (SSSR count). The van der Waals surface area contributed by atoms with Gasteiger partial charge in [0.15, 0.2) is 11.5 Å². The Hall–Kier alpha value is -2.07. The van der Waals surface area contributed by atoms with Gasteiger partial charge in [0.25, 0.3) is 0 Å². The Morgan fingerprint density at radius 3 is 2.45 bits per heavy atom. The number of aromatic nitrogens is 1. The van der Waals surface area contributed by atoms with Crippen LogP contribution in [0.2, 0.25) is 0 Å². The lowest BCUT2D eigenvalue weighted by Crippen LogP contribution is -2.20. The molecule has 0 aliphatic heterocycles. The first kappa shape index (κ1) is 14.3. The maximum Gasteiger partial charge on any atom is 0.161 e. The largest absolute Gasteiger partial charge is 0.493 e. The van der Waals surface area contributed by atoms with E-state index in [0.29, 0.717) is 0 Å². The molecule has 0 aliphatic rings. The van der Waals surface area contributed by atoms with Gasteiger partial charge in [0.1, 0.15) is 0 Å². The van der Waals surface area contributed by atoms with E-state index >= 15 is 0 Å². The molecule has 106 valence electrons. The molecule has 1 aromatic carbocycles. The molecular weight excluding hydrogens is 252 g/mol. The number of rotatable bonds is 5. The summed E-state index contributed by atoms with van der Waals surface area (Å²) in [7, 11) is 5.20. The van der Waals surface area contributed by atoms with Crippen LogP contribution in [-0.4, -0.2) is 26.3 Å². The van der Waals surface area contributed by atoms with Crippen LogP contribution < -0.4 is 14.8 Å². The Morgan fingerprint density at radius 2 is 1.85 bits per heavy atom. The second kappa shape index (κ2) is 6.39. The topological polar surface area (TPSA) is 43.4 Å². The highest BCUT2D eigenvalue weighted by atomic mass is 16.5. The number of hydrogen-bond acceptors (Lipinski definition) is 4. The third kappa shape index (κ3) is 2.75. The van der Waals surface area contributed by atoms with Crippen LogP contribution in [0.1, 0.15) is 22.9 Å². The smallest absolute Gasteiger partial charge is 0.161 e. The molecule has 1 unspecified atom stereocenters. The molecule has 1 atom stereocenters. The number of nitrogens with zero attached hydrogens (tertiary/aromatic N) is 1. The maximum atomic E-state index is 5.36. The summed E-state index contributed by atoms with van der Waals surface area (Å²) in [6.45, 7) is 2.06. The van der Waals surface area contributed by atoms with Gasteiger partial charge in [-0.05, 0) is 43.3 Å². The fourth-order valence-electron chi connectivity index (χ4n) is 2.29. The first-order chi connectivity index (χ1) is 9.71. The van der Waals surface area contributed by atoms with Gasteiger partial charge in [0.2, 0.25) is 0 Å². The molecule has 2 aromatic rings. The number of ether oxygens (including phenoxy) is 2. The minimum atomic E-state index is 0.0241. The molecule has 1 N–H and O–H groups in total. The molecular formula is C16H20N2O2. The van der Waals surface area contributed by atoms with E-state index in [1.807, 2.05) is 37.5 Å². The lowest BCUT2D eigenvalue weighted by Gasteiger charge is -2.19. The standard InChI is InChI=1S/C16H20N2O2/c1-11-6-5-9-18-15(11)16(17-2)12-7-8-13(19-3)14(10-12)20-4/h5-10,16-17H,1-4H3. The van der Waals surface area contributed by atoms with Crippen molar-refractivity contribution in [3.05, 3.63) is 53.3 Å². The third-order valence-corrected chi connectivity index (χ3v) is 3.35. The molecule has 0 amide bonds. The van der Waals surface area contributed by atoms with Gasteiger partial charge in [-0.1, -0.05) is 12.1 Å². The number of benzene rings is 1. The van der Waals surface area contributed by atoms with Crippen molar-refractivity contribution in [1.29, 1.82) is 0 Å². The van der Waals surface area contributed by atoms with Gasteiger partial charge >= 0.3 is 0 Å². The highest BCUT2D eigenvalue weighted by molar-refractivity contribution is 5.45. The number of nitrogens with one attached hydrogen (secondary N) is 1. The van der Waals surface area contributed by atoms with Crippen LogP contribution in [0.25, 0.3) is 0 Å². The van der Waals surface area contributed by atoms with E-state index in [0.717, 1.165) is 28.3 Å². The fourth-order valence-corrected chi connectivity index (χ4v) is 2.29. The zero-order valence-electron chi connectivity index (χ0n) is 12.3. The monoisotopic (exact) mass is 272 g/mol. The van der Waals surface area contributed by atoms with Crippen molar-refractivity contribution in [3.63, 3.8) is 0 Å². The molecule has 0 saturated carbocycles. The van der Waals surface area contributed by atoms with E-state index in [1.54, 1.807) is 14.2 Å². The molecule has 0 spiro atoms. The second-order valence-electron chi connectivity index (χ2n) is 4.54. The van der Waals surface area contributed by atoms with Crippen molar-refractivity contribution >= 4 is 0 Å². The lowest BCUT2D eigenvalue weighted by atomic mass is 9.99. The summed E-state index contributed by atoms with van der Waals surface area (Å²) in [5.41, 5.74) is 3.26. The van der Waals surface area contributed by atoms with Crippen molar-refractivity contribution in [2.45, 2.75) is 13.0 Å². The van der Waals surface area contributed by atoms with E-state index in [-0.39, 0.29) is 6.04 Å². The maximum absolute atomic E-state index is 5.36. The second-order valence-corrected chi connectivity index (χ2v) is 4.54. The SMILES string of the molecule is CNC(c1ccc(OC)c(OC)c1)c1ncccc1C. The molecule has 4 nitrogen and oxygen atoms in total. The molecule has 0 bridgehead atoms. The van der Waals surface area contributed by atoms with Gasteiger partial charge in [-0.2, -0.15) is 0 Å². The number of hydrogen-bond donors (Lipinski definition) is 1. The zero-order chi connectivity index (χ0) is 14.5. The third-order valence-electron chi connectivity index (χ3n) is 3.35. The van der Waals surface area contributed by atoms with Gasteiger partial charge < -0.3 is 14.8 Å². The molecule has 0 aliphatic carbocycles. The van der Waals surface area contributed by atoms with Crippen molar-refractivity contribution in [3.8, 4) is 11.5 Å². The number of aryl methyl sites for hydroxylation is 1. The summed E-state index contributed by atoms with van der Waals surface area (Å²) in [6, 6.07) is 9.95. The zero-order valence-corrected chi connectivity index (χ0v) is 12.3. The van der Waals surface area contributed by atoms with Gasteiger partial charge in [-0.15, -0.1) is 0 Å². The molecule has 1 heterocycles. The summed E-state index contributed by atoms with van der Waals surface area (Å²) in [5, 5.41) is 3.31. The highest BCUT2D eigenvalue weighted by Gasteiger charge is 2.17. The molecule has 4 heteroatoms. The first-order valence-electron chi connectivity index (χ1n) is 6.52. The van der Waals surface area contributed by atoms with Crippen LogP contribution in [0.15, 0.2) is 36.5 Å². The minimum Gasteiger partial charge on any atom is -0.493 e. The summed E-state index contributed by atoms with van der Waals surface area (Å²) >= 11 is 0. The molecule has 0 radical (unpaired) electrons. The minimum absolute atomic E-state index is 0.0241. The molecule has 0 saturated heterocycles. The Balaban J connectivity index is 2.45. The van der Waals surface area contributed by atoms with Crippen LogP contribution in [0.4, 0.5) is 0 Å². The molecule has 20 heavy (non-hydrogen) atoms. The van der Waals surface area contributed by atoms with E-state index in [1.165, 1.54) is 0 Å². The van der Waals surface area contributed by atoms with Crippen molar-refractivity contribution in [2.75, 3.05) is 21.3 Å². The summed E-state index contributed by atoms with van der Waals surface area (Å²) in [5.74, 6) is 1.45. The van der Waals surface area contributed by atoms with Crippen LogP contribution in [-0.2, 0) is 0 Å². The van der Waals surface area contributed by atoms with Gasteiger partial charge in [0, 0.05) is 6.20 Å². The van der Waals surface area contributed by atoms with Crippen LogP contribution >= 0.6 is 0 Å². The van der Waals surface area contributed by atoms with E-state index < -0.39 is 0 Å². The molecule has 1 aromatic heterocycles. The van der Waals surface area contributed by atoms with Crippen molar-refractivity contribution in [2.24, 2.45) is 0 Å². The van der Waals surface area contributed by atoms with E-state index in [2.05, 4.69) is 23.3 Å². The Morgan fingerprint density at radius 1 is 1.10 bits per heavy atom. The average molecular weight is 272 g/mol. The Bertz CT molecular complexity index is 584. The molecule has 0 fully saturated rings. The van der Waals surface area contributed by atoms with Gasteiger partial charge in [-0.25, -0.2) is 0 Å². The lowest BCUT2D eigenvalue weighted by molar-refractivity contribution is 0.354. The van der Waals surface area contributed by atoms with Gasteiger partial charge in [-0.3, -0.25) is 4.98 Å². The fraction of sp³-hybridized carbons (Fsp3) is 0.312. The summed E-state index contributed by atoms with van der Waals surface area (Å²) < 4.78 is 10.6. The Kier molecular flexibility index (Phi) is 4.58.